The van der Waals surface area contributed by atoms with Crippen LogP contribution in [0.15, 0.2) is 0 Å². The third kappa shape index (κ3) is 8.87. The van der Waals surface area contributed by atoms with Crippen molar-refractivity contribution in [3.63, 3.8) is 0 Å². The summed E-state index contributed by atoms with van der Waals surface area (Å²) in [5.74, 6) is 0. The van der Waals surface area contributed by atoms with Gasteiger partial charge in [-0.15, -0.1) is 0 Å². The monoisotopic (exact) mass is 310 g/mol. The van der Waals surface area contributed by atoms with Gasteiger partial charge in [0.05, 0.1) is 0 Å². The summed E-state index contributed by atoms with van der Waals surface area (Å²) in [5.41, 5.74) is 0. The molecule has 0 bridgehead atoms. The van der Waals surface area contributed by atoms with Gasteiger partial charge < -0.3 is 0 Å². The fourth-order valence-corrected chi connectivity index (χ4v) is 0. The fourth-order valence-electron chi connectivity index (χ4n) is 0. The van der Waals surface area contributed by atoms with Crippen LogP contribution in [0.25, 0.3) is 0 Å². The summed E-state index contributed by atoms with van der Waals surface area (Å²) in [6.45, 7) is 0. The summed E-state index contributed by atoms with van der Waals surface area (Å²) in [7, 11) is 0. The van der Waals surface area contributed by atoms with Gasteiger partial charge in [0.15, 0.2) is 0 Å². The van der Waals surface area contributed by atoms with Crippen LogP contribution < -0.4 is 0 Å². The molecular weight excluding hydrogens is 310 g/mol. The fraction of sp³-hybridized carbons (Fsp3) is 0. The molecule has 0 nitrogen and oxygen atoms in total. The molecule has 0 heterocycles. The standard InChI is InChI=1S/Ce.Co.Fe.Mn. The van der Waals surface area contributed by atoms with E-state index in [1.54, 1.807) is 0 Å². The molecule has 4 heavy (non-hydrogen) atoms. The molecule has 0 fully saturated rings. The predicted molar refractivity (Wildman–Crippen MR) is 0 cm³/mol. The van der Waals surface area contributed by atoms with Crippen molar-refractivity contribution in [2.75, 3.05) is 0 Å². The van der Waals surface area contributed by atoms with Crippen LogP contribution in [-0.2, 0) is 50.9 Å². The second kappa shape index (κ2) is 16.8. The first-order valence-electron chi connectivity index (χ1n) is 0. The summed E-state index contributed by atoms with van der Waals surface area (Å²) in [5, 5.41) is 0. The van der Waals surface area contributed by atoms with E-state index in [0.29, 0.717) is 0 Å². The van der Waals surface area contributed by atoms with Gasteiger partial charge in [-0.3, -0.25) is 0 Å². The Labute approximate surface area is 90.8 Å². The number of hydrogen-bond donors (Lipinski definition) is 0. The Kier molecular flexibility index (Phi) is 119. The molecule has 0 aromatic carbocycles. The molecule has 0 rings (SSSR count). The Morgan fingerprint density at radius 2 is 1.00 bits per heavy atom. The molecule has 0 saturated heterocycles. The molecule has 0 aliphatic carbocycles. The van der Waals surface area contributed by atoms with Gasteiger partial charge in [0, 0.05) is 92.7 Å². The van der Waals surface area contributed by atoms with Crippen molar-refractivity contribution in [2.24, 2.45) is 0 Å². The van der Waals surface area contributed by atoms with Crippen molar-refractivity contribution in [1.29, 1.82) is 0 Å². The van der Waals surface area contributed by atoms with Crippen LogP contribution >= 0.6 is 0 Å². The van der Waals surface area contributed by atoms with E-state index in [4.69, 9.17) is 0 Å². The number of hydrogen-bond acceptors (Lipinski definition) is 0. The van der Waals surface area contributed by atoms with Crippen molar-refractivity contribution in [2.45, 2.75) is 0 Å². The maximum Gasteiger partial charge on any atom is 0 e. The molecule has 28 valence electrons. The second-order valence-corrected chi connectivity index (χ2v) is 0. The van der Waals surface area contributed by atoms with Gasteiger partial charge in [-0.25, -0.2) is 0 Å². The average molecular weight is 310 g/mol. The zero-order valence-corrected chi connectivity index (χ0v) is 8.03. The second-order valence-electron chi connectivity index (χ2n) is 0. The summed E-state index contributed by atoms with van der Waals surface area (Å²) >= 11 is 0. The molecule has 0 aliphatic heterocycles. The minimum Gasteiger partial charge on any atom is 0 e. The van der Waals surface area contributed by atoms with Crippen LogP contribution in [0.5, 0.6) is 0 Å². The Balaban J connectivity index is 0. The normalized spacial score (nSPS) is 0. The molecule has 4 heteroatoms. The van der Waals surface area contributed by atoms with E-state index in [0.717, 1.165) is 0 Å². The van der Waals surface area contributed by atoms with E-state index >= 15 is 0 Å². The van der Waals surface area contributed by atoms with Crippen LogP contribution in [0.1, 0.15) is 0 Å². The van der Waals surface area contributed by atoms with Gasteiger partial charge in [0.25, 0.3) is 0 Å². The zero-order chi connectivity index (χ0) is 0. The summed E-state index contributed by atoms with van der Waals surface area (Å²) in [6.07, 6.45) is 0. The summed E-state index contributed by atoms with van der Waals surface area (Å²) < 4.78 is 0. The van der Waals surface area contributed by atoms with Crippen LogP contribution in [0, 0.1) is 41.7 Å². The smallest absolute Gasteiger partial charge is 0 e. The first-order valence-corrected chi connectivity index (χ1v) is 0. The van der Waals surface area contributed by atoms with Crippen LogP contribution in [0.4, 0.5) is 0 Å². The SMILES string of the molecule is [Ce].[Co].[Fe].[Mn]. The Morgan fingerprint density at radius 3 is 1.00 bits per heavy atom. The van der Waals surface area contributed by atoms with Gasteiger partial charge in [-0.05, 0) is 0 Å². The molecule has 0 atom stereocenters. The van der Waals surface area contributed by atoms with Crippen molar-refractivity contribution in [3.8, 4) is 0 Å². The molecule has 0 saturated carbocycles. The van der Waals surface area contributed by atoms with Crippen molar-refractivity contribution < 1.29 is 92.7 Å². The number of rotatable bonds is 0. The zero-order valence-electron chi connectivity index (χ0n) is 1.56. The minimum absolute atomic E-state index is 0. The Bertz CT molecular complexity index is 8.00. The Morgan fingerprint density at radius 1 is 1.00 bits per heavy atom. The molecule has 0 aromatic heterocycles. The van der Waals surface area contributed by atoms with Gasteiger partial charge in [0.1, 0.15) is 0 Å². The summed E-state index contributed by atoms with van der Waals surface area (Å²) in [6, 6.07) is 0. The van der Waals surface area contributed by atoms with E-state index in [1.807, 2.05) is 0 Å². The molecule has 0 aliphatic rings. The average Bonchev–Trinajstić information content (AvgIpc) is 0. The molecule has 0 amide bonds. The van der Waals surface area contributed by atoms with Crippen LogP contribution in [0.2, 0.25) is 0 Å². The van der Waals surface area contributed by atoms with Crippen molar-refractivity contribution in [3.05, 3.63) is 0 Å². The molecule has 2 radical (unpaired) electrons. The maximum atomic E-state index is 0. The molecular formula is CeCoFeMn. The van der Waals surface area contributed by atoms with Gasteiger partial charge in [-0.1, -0.05) is 0 Å². The van der Waals surface area contributed by atoms with E-state index in [9.17, 15) is 0 Å². The third-order valence-electron chi connectivity index (χ3n) is 0. The molecule has 0 N–H and O–H groups in total. The first kappa shape index (κ1) is 28.4. The van der Waals surface area contributed by atoms with E-state index in [2.05, 4.69) is 0 Å². The van der Waals surface area contributed by atoms with Crippen LogP contribution in [0.3, 0.4) is 0 Å². The van der Waals surface area contributed by atoms with Gasteiger partial charge in [-0.2, -0.15) is 0 Å². The van der Waals surface area contributed by atoms with E-state index in [1.165, 1.54) is 0 Å². The largest absolute Gasteiger partial charge is 0 e. The third-order valence-corrected chi connectivity index (χ3v) is 0. The quantitative estimate of drug-likeness (QED) is 0.552. The molecule has 0 unspecified atom stereocenters. The van der Waals surface area contributed by atoms with E-state index in [-0.39, 0.29) is 92.7 Å². The maximum absolute atomic E-state index is 0. The topological polar surface area (TPSA) is 0 Å². The van der Waals surface area contributed by atoms with Crippen molar-refractivity contribution >= 4 is 0 Å². The summed E-state index contributed by atoms with van der Waals surface area (Å²) in [4.78, 5) is 0. The Hall–Kier alpha value is 2.92. The predicted octanol–water partition coefficient (Wildman–Crippen LogP) is -0.00750. The molecule has 0 aromatic rings. The van der Waals surface area contributed by atoms with Crippen molar-refractivity contribution in [1.82, 2.24) is 0 Å². The molecule has 0 spiro atoms. The van der Waals surface area contributed by atoms with Crippen LogP contribution in [-0.4, -0.2) is 0 Å². The van der Waals surface area contributed by atoms with Gasteiger partial charge in [0.2, 0.25) is 0 Å². The van der Waals surface area contributed by atoms with Gasteiger partial charge >= 0.3 is 0 Å². The minimum atomic E-state index is 0. The first-order chi connectivity index (χ1) is 0. The van der Waals surface area contributed by atoms with E-state index < -0.39 is 0 Å².